The van der Waals surface area contributed by atoms with E-state index in [0.717, 1.165) is 27.3 Å². The first-order chi connectivity index (χ1) is 27.4. The van der Waals surface area contributed by atoms with Crippen molar-refractivity contribution in [2.24, 2.45) is 0 Å². The Labute approximate surface area is 285 Å². The Morgan fingerprint density at radius 3 is 1.85 bits per heavy atom. The van der Waals surface area contributed by atoms with E-state index in [-0.39, 0.29) is 40.7 Å². The average molecular weight is 612 g/mol. The summed E-state index contributed by atoms with van der Waals surface area (Å²) in [6.45, 7) is 0. The number of fused-ring (bicyclic) bond motifs is 4. The molecule has 9 aromatic rings. The van der Waals surface area contributed by atoms with Crippen molar-refractivity contribution in [1.29, 1.82) is 0 Å². The highest BCUT2D eigenvalue weighted by molar-refractivity contribution is 6.13. The van der Waals surface area contributed by atoms with Crippen molar-refractivity contribution >= 4 is 32.7 Å². The maximum atomic E-state index is 8.82. The van der Waals surface area contributed by atoms with Crippen LogP contribution in [0.3, 0.4) is 0 Å². The highest BCUT2D eigenvalue weighted by Gasteiger charge is 2.19. The lowest BCUT2D eigenvalue weighted by molar-refractivity contribution is 0.669. The molecule has 0 aliphatic carbocycles. The van der Waals surface area contributed by atoms with Gasteiger partial charge in [0.1, 0.15) is 11.2 Å². The van der Waals surface area contributed by atoms with E-state index in [4.69, 9.17) is 33.1 Å². The van der Waals surface area contributed by atoms with E-state index in [0.29, 0.717) is 33.2 Å². The predicted octanol–water partition coefficient (Wildman–Crippen LogP) is 11.3. The number of furan rings is 1. The second-order valence-corrected chi connectivity index (χ2v) is 10.9. The fraction of sp³-hybridized carbons (Fsp3) is 0. The van der Waals surface area contributed by atoms with Crippen LogP contribution in [-0.4, -0.2) is 15.0 Å². The molecule has 0 saturated carbocycles. The minimum atomic E-state index is -0.546. The van der Waals surface area contributed by atoms with E-state index in [1.165, 1.54) is 0 Å². The van der Waals surface area contributed by atoms with Crippen LogP contribution in [0.15, 0.2) is 168 Å². The first-order valence-electron chi connectivity index (χ1n) is 19.9. The van der Waals surface area contributed by atoms with Gasteiger partial charge in [-0.05, 0) is 63.4 Å². The number of aromatic nitrogens is 3. The quantitative estimate of drug-likeness (QED) is 0.194. The molecule has 0 radical (unpaired) electrons. The van der Waals surface area contributed by atoms with Crippen LogP contribution in [0.1, 0.15) is 13.7 Å². The summed E-state index contributed by atoms with van der Waals surface area (Å²) >= 11 is 0. The summed E-state index contributed by atoms with van der Waals surface area (Å²) in [6, 6.07) is 27.3. The molecule has 47 heavy (non-hydrogen) atoms. The Bertz CT molecular complexity index is 3090. The lowest BCUT2D eigenvalue weighted by Crippen LogP contribution is -2.00. The van der Waals surface area contributed by atoms with Crippen molar-refractivity contribution in [1.82, 2.24) is 15.0 Å². The van der Waals surface area contributed by atoms with Gasteiger partial charge >= 0.3 is 0 Å². The Morgan fingerprint density at radius 2 is 1.06 bits per heavy atom. The zero-order valence-electron chi connectivity index (χ0n) is 34.6. The molecule has 2 heterocycles. The van der Waals surface area contributed by atoms with E-state index in [1.54, 1.807) is 30.3 Å². The van der Waals surface area contributed by atoms with Gasteiger partial charge in [-0.2, -0.15) is 0 Å². The Balaban J connectivity index is 1.33. The monoisotopic (exact) mass is 611 g/mol. The van der Waals surface area contributed by atoms with Gasteiger partial charge in [0.2, 0.25) is 0 Å². The van der Waals surface area contributed by atoms with Crippen molar-refractivity contribution in [2.75, 3.05) is 0 Å². The average Bonchev–Trinajstić information content (AvgIpc) is 3.62. The third-order valence-electron chi connectivity index (χ3n) is 8.07. The van der Waals surface area contributed by atoms with Gasteiger partial charge in [0.15, 0.2) is 17.5 Å². The minimum Gasteiger partial charge on any atom is -0.456 e. The van der Waals surface area contributed by atoms with Crippen molar-refractivity contribution in [3.8, 4) is 56.4 Å². The van der Waals surface area contributed by atoms with Crippen LogP contribution >= 0.6 is 0 Å². The molecule has 0 amide bonds. The standard InChI is InChI=1S/C43H27N3O/c1-4-12-28(13-5-1)32-22-20-30-21-23-33(25-34(30)24-32)42-44-41(31-16-8-3-9-17-31)45-43(46-42)37-26-35(29-14-6-2-7-15-29)27-39-40(37)36-18-10-11-19-38(36)47-39/h1-27H/i1D,3D,4D,5D,8D,9D,12D,13D,16D,17D. The molecule has 0 aliphatic rings. The Kier molecular flexibility index (Phi) is 4.42. The molecule has 0 fully saturated rings. The largest absolute Gasteiger partial charge is 0.456 e. The van der Waals surface area contributed by atoms with Crippen LogP contribution in [-0.2, 0) is 0 Å². The van der Waals surface area contributed by atoms with Crippen LogP contribution in [0.4, 0.5) is 0 Å². The summed E-state index contributed by atoms with van der Waals surface area (Å²) in [5.74, 6) is 0.179. The molecule has 220 valence electrons. The number of hydrogen-bond acceptors (Lipinski definition) is 4. The Morgan fingerprint density at radius 1 is 0.426 bits per heavy atom. The Hall–Kier alpha value is -6.39. The van der Waals surface area contributed by atoms with Crippen LogP contribution in [0.2, 0.25) is 0 Å². The molecule has 0 spiro atoms. The molecule has 2 aromatic heterocycles. The second kappa shape index (κ2) is 11.2. The van der Waals surface area contributed by atoms with Crippen LogP contribution < -0.4 is 0 Å². The lowest BCUT2D eigenvalue weighted by atomic mass is 9.98. The SMILES string of the molecule is [2H]c1c([2H])c([2H])c(-c2ccc3ccc(-c4nc(-c5c([2H])c([2H])c([2H])c([2H])c5[2H])nc(-c5cc(-c6ccccc6)cc6oc7ccccc7c56)n4)cc3c2)c([2H])c1[2H]. The number of para-hydroxylation sites is 1. The third-order valence-corrected chi connectivity index (χ3v) is 8.07. The van der Waals surface area contributed by atoms with Crippen molar-refractivity contribution in [2.45, 2.75) is 0 Å². The van der Waals surface area contributed by atoms with Gasteiger partial charge in [-0.15, -0.1) is 0 Å². The van der Waals surface area contributed by atoms with Crippen LogP contribution in [0.25, 0.3) is 89.1 Å². The highest BCUT2D eigenvalue weighted by atomic mass is 16.3. The smallest absolute Gasteiger partial charge is 0.164 e. The van der Waals surface area contributed by atoms with Gasteiger partial charge in [-0.25, -0.2) is 15.0 Å². The van der Waals surface area contributed by atoms with Crippen LogP contribution in [0, 0.1) is 0 Å². The van der Waals surface area contributed by atoms with Crippen molar-refractivity contribution in [3.63, 3.8) is 0 Å². The van der Waals surface area contributed by atoms with E-state index >= 15 is 0 Å². The summed E-state index contributed by atoms with van der Waals surface area (Å²) < 4.78 is 90.5. The number of nitrogens with zero attached hydrogens (tertiary/aromatic N) is 3. The zero-order valence-corrected chi connectivity index (χ0v) is 24.6. The van der Waals surface area contributed by atoms with E-state index < -0.39 is 48.3 Å². The van der Waals surface area contributed by atoms with Gasteiger partial charge in [0.05, 0.1) is 13.7 Å². The van der Waals surface area contributed by atoms with Gasteiger partial charge < -0.3 is 4.42 Å². The summed E-state index contributed by atoms with van der Waals surface area (Å²) in [5.41, 5.74) is 4.29. The molecular weight excluding hydrogens is 574 g/mol. The number of rotatable bonds is 5. The fourth-order valence-corrected chi connectivity index (χ4v) is 5.86. The summed E-state index contributed by atoms with van der Waals surface area (Å²) in [4.78, 5) is 14.6. The molecule has 7 aromatic carbocycles. The molecular formula is C43H27N3O. The zero-order chi connectivity index (χ0) is 39.9. The van der Waals surface area contributed by atoms with Gasteiger partial charge in [-0.1, -0.05) is 133 Å². The molecule has 0 aliphatic heterocycles. The van der Waals surface area contributed by atoms with E-state index in [9.17, 15) is 0 Å². The molecule has 9 rings (SSSR count). The minimum absolute atomic E-state index is 0.0638. The first kappa shape index (κ1) is 18.5. The predicted molar refractivity (Wildman–Crippen MR) is 192 cm³/mol. The molecule has 0 bridgehead atoms. The normalized spacial score (nSPS) is 14.4. The summed E-state index contributed by atoms with van der Waals surface area (Å²) in [5, 5.41) is 2.96. The molecule has 0 N–H and O–H groups in total. The summed E-state index contributed by atoms with van der Waals surface area (Å²) in [6.07, 6.45) is 0. The first-order valence-corrected chi connectivity index (χ1v) is 14.9. The topological polar surface area (TPSA) is 51.8 Å². The second-order valence-electron chi connectivity index (χ2n) is 10.9. The van der Waals surface area contributed by atoms with Gasteiger partial charge in [0, 0.05) is 27.5 Å². The van der Waals surface area contributed by atoms with E-state index in [1.807, 2.05) is 72.8 Å². The highest BCUT2D eigenvalue weighted by Crippen LogP contribution is 2.40. The summed E-state index contributed by atoms with van der Waals surface area (Å²) in [7, 11) is 0. The van der Waals surface area contributed by atoms with Gasteiger partial charge in [0.25, 0.3) is 0 Å². The molecule has 0 unspecified atom stereocenters. The number of hydrogen-bond donors (Lipinski definition) is 0. The lowest BCUT2D eigenvalue weighted by Gasteiger charge is -2.12. The third kappa shape index (κ3) is 4.93. The van der Waals surface area contributed by atoms with Crippen LogP contribution in [0.5, 0.6) is 0 Å². The molecule has 4 nitrogen and oxygen atoms in total. The van der Waals surface area contributed by atoms with E-state index in [2.05, 4.69) is 0 Å². The van der Waals surface area contributed by atoms with Crippen molar-refractivity contribution < 1.29 is 18.1 Å². The maximum absolute atomic E-state index is 8.82. The fourth-order valence-electron chi connectivity index (χ4n) is 5.86. The molecule has 4 heteroatoms. The number of benzene rings is 7. The molecule has 0 saturated heterocycles. The van der Waals surface area contributed by atoms with Gasteiger partial charge in [-0.3, -0.25) is 0 Å². The maximum Gasteiger partial charge on any atom is 0.164 e. The molecule has 0 atom stereocenters. The van der Waals surface area contributed by atoms with Crippen molar-refractivity contribution in [3.05, 3.63) is 164 Å².